The van der Waals surface area contributed by atoms with Crippen molar-refractivity contribution in [3.63, 3.8) is 0 Å². The van der Waals surface area contributed by atoms with Crippen molar-refractivity contribution in [3.05, 3.63) is 51.8 Å². The summed E-state index contributed by atoms with van der Waals surface area (Å²) in [7, 11) is -3.57. The van der Waals surface area contributed by atoms with Crippen molar-refractivity contribution in [1.29, 1.82) is 0 Å². The van der Waals surface area contributed by atoms with Crippen LogP contribution in [0.25, 0.3) is 0 Å². The van der Waals surface area contributed by atoms with Crippen molar-refractivity contribution in [2.75, 3.05) is 5.33 Å². The fourth-order valence-electron chi connectivity index (χ4n) is 1.78. The summed E-state index contributed by atoms with van der Waals surface area (Å²) >= 11 is 7.87. The highest BCUT2D eigenvalue weighted by Gasteiger charge is 2.32. The van der Waals surface area contributed by atoms with Crippen LogP contribution in [0, 0.1) is 0 Å². The first-order valence-corrected chi connectivity index (χ1v) is 10.1. The molecule has 0 saturated heterocycles. The van der Waals surface area contributed by atoms with Crippen LogP contribution in [-0.2, 0) is 15.6 Å². The van der Waals surface area contributed by atoms with Gasteiger partial charge in [-0.2, -0.15) is 4.72 Å². The average Bonchev–Trinajstić information content (AvgIpc) is 2.86. The van der Waals surface area contributed by atoms with E-state index < -0.39 is 15.6 Å². The molecule has 1 N–H and O–H groups in total. The number of thiophene rings is 1. The molecule has 0 aliphatic rings. The van der Waals surface area contributed by atoms with Gasteiger partial charge in [0.15, 0.2) is 0 Å². The Labute approximate surface area is 139 Å². The summed E-state index contributed by atoms with van der Waals surface area (Å²) in [6.45, 7) is 1.86. The molecule has 1 heterocycles. The monoisotopic (exact) mass is 437 g/mol. The van der Waals surface area contributed by atoms with E-state index in [0.717, 1.165) is 5.56 Å². The van der Waals surface area contributed by atoms with Crippen molar-refractivity contribution in [3.8, 4) is 0 Å². The highest BCUT2D eigenvalue weighted by Crippen LogP contribution is 2.31. The van der Waals surface area contributed by atoms with Crippen LogP contribution in [0.3, 0.4) is 0 Å². The number of hydrogen-bond acceptors (Lipinski definition) is 3. The Morgan fingerprint density at radius 2 is 1.90 bits per heavy atom. The van der Waals surface area contributed by atoms with Crippen molar-refractivity contribution in [2.24, 2.45) is 0 Å². The van der Waals surface area contributed by atoms with Crippen LogP contribution in [0.4, 0.5) is 0 Å². The Hall–Kier alpha value is -0.210. The van der Waals surface area contributed by atoms with Gasteiger partial charge in [0, 0.05) is 9.80 Å². The van der Waals surface area contributed by atoms with E-state index in [1.54, 1.807) is 11.4 Å². The zero-order valence-corrected chi connectivity index (χ0v) is 15.4. The van der Waals surface area contributed by atoms with Crippen molar-refractivity contribution in [2.45, 2.75) is 16.7 Å². The molecule has 2 aromatic rings. The number of benzene rings is 1. The fraction of sp³-hybridized carbons (Fsp3) is 0.231. The SMILES string of the molecule is CC(CBr)(NS(=O)(=O)c1sccc1Br)c1ccccc1. The zero-order valence-electron chi connectivity index (χ0n) is 10.6. The Balaban J connectivity index is 2.38. The first-order chi connectivity index (χ1) is 9.39. The van der Waals surface area contributed by atoms with Gasteiger partial charge in [-0.05, 0) is 39.9 Å². The van der Waals surface area contributed by atoms with Crippen LogP contribution in [0.1, 0.15) is 12.5 Å². The minimum Gasteiger partial charge on any atom is -0.206 e. The highest BCUT2D eigenvalue weighted by atomic mass is 79.9. The number of halogens is 2. The molecular formula is C13H13Br2NO2S2. The molecule has 1 aromatic heterocycles. The molecule has 0 spiro atoms. The Bertz CT molecular complexity index is 685. The topological polar surface area (TPSA) is 46.2 Å². The maximum Gasteiger partial charge on any atom is 0.252 e. The Morgan fingerprint density at radius 1 is 1.25 bits per heavy atom. The molecule has 0 saturated carbocycles. The summed E-state index contributed by atoms with van der Waals surface area (Å²) in [6.07, 6.45) is 0. The van der Waals surface area contributed by atoms with Crippen molar-refractivity contribution < 1.29 is 8.42 Å². The maximum atomic E-state index is 12.5. The largest absolute Gasteiger partial charge is 0.252 e. The number of nitrogens with one attached hydrogen (secondary N) is 1. The fourth-order valence-corrected chi connectivity index (χ4v) is 6.17. The van der Waals surface area contributed by atoms with Gasteiger partial charge in [0.05, 0.1) is 5.54 Å². The van der Waals surface area contributed by atoms with E-state index in [1.165, 1.54) is 11.3 Å². The van der Waals surface area contributed by atoms with Crippen LogP contribution < -0.4 is 4.72 Å². The lowest BCUT2D eigenvalue weighted by molar-refractivity contribution is 0.483. The normalized spacial score (nSPS) is 14.9. The van der Waals surface area contributed by atoms with Crippen LogP contribution in [-0.4, -0.2) is 13.7 Å². The molecule has 0 radical (unpaired) electrons. The smallest absolute Gasteiger partial charge is 0.206 e. The van der Waals surface area contributed by atoms with Crippen molar-refractivity contribution in [1.82, 2.24) is 4.72 Å². The number of alkyl halides is 1. The third-order valence-electron chi connectivity index (χ3n) is 2.87. The van der Waals surface area contributed by atoms with Crippen LogP contribution >= 0.6 is 43.2 Å². The molecule has 1 aromatic carbocycles. The standard InChI is InChI=1S/C13H13Br2NO2S2/c1-13(9-14,10-5-3-2-4-6-10)16-20(17,18)12-11(15)7-8-19-12/h2-8,16H,9H2,1H3. The van der Waals surface area contributed by atoms with Crippen LogP contribution in [0.15, 0.2) is 50.5 Å². The summed E-state index contributed by atoms with van der Waals surface area (Å²) in [5.74, 6) is 0. The predicted molar refractivity (Wildman–Crippen MR) is 89.9 cm³/mol. The minimum atomic E-state index is -3.57. The molecule has 0 fully saturated rings. The maximum absolute atomic E-state index is 12.5. The molecule has 20 heavy (non-hydrogen) atoms. The van der Waals surface area contributed by atoms with Gasteiger partial charge in [-0.3, -0.25) is 0 Å². The summed E-state index contributed by atoms with van der Waals surface area (Å²) in [5, 5.41) is 2.22. The third-order valence-corrected chi connectivity index (χ3v) is 8.25. The summed E-state index contributed by atoms with van der Waals surface area (Å²) in [6, 6.07) is 11.2. The lowest BCUT2D eigenvalue weighted by Gasteiger charge is -2.28. The molecule has 0 amide bonds. The molecule has 1 atom stereocenters. The van der Waals surface area contributed by atoms with E-state index in [4.69, 9.17) is 0 Å². The van der Waals surface area contributed by atoms with E-state index >= 15 is 0 Å². The third kappa shape index (κ3) is 3.33. The second-order valence-corrected chi connectivity index (χ2v) is 8.70. The summed E-state index contributed by atoms with van der Waals surface area (Å²) in [4.78, 5) is 0. The predicted octanol–water partition coefficient (Wildman–Crippen LogP) is 4.10. The van der Waals surface area contributed by atoms with Crippen LogP contribution in [0.2, 0.25) is 0 Å². The second-order valence-electron chi connectivity index (χ2n) is 4.49. The van der Waals surface area contributed by atoms with Gasteiger partial charge in [-0.1, -0.05) is 46.3 Å². The zero-order chi connectivity index (χ0) is 14.8. The van der Waals surface area contributed by atoms with Gasteiger partial charge in [0.2, 0.25) is 0 Å². The molecular weight excluding hydrogens is 426 g/mol. The van der Waals surface area contributed by atoms with E-state index in [9.17, 15) is 8.42 Å². The van der Waals surface area contributed by atoms with E-state index in [-0.39, 0.29) is 0 Å². The van der Waals surface area contributed by atoms with Gasteiger partial charge >= 0.3 is 0 Å². The highest BCUT2D eigenvalue weighted by molar-refractivity contribution is 9.10. The minimum absolute atomic E-state index is 0.292. The molecule has 108 valence electrons. The van der Waals surface area contributed by atoms with Gasteiger partial charge < -0.3 is 0 Å². The molecule has 3 nitrogen and oxygen atoms in total. The molecule has 0 aliphatic heterocycles. The summed E-state index contributed by atoms with van der Waals surface area (Å²) < 4.78 is 28.7. The van der Waals surface area contributed by atoms with E-state index in [1.807, 2.05) is 37.3 Å². The molecule has 7 heteroatoms. The number of hydrogen-bond donors (Lipinski definition) is 1. The molecule has 0 aliphatic carbocycles. The quantitative estimate of drug-likeness (QED) is 0.714. The van der Waals surface area contributed by atoms with Crippen molar-refractivity contribution >= 4 is 53.2 Å². The Morgan fingerprint density at radius 3 is 2.40 bits per heavy atom. The molecule has 2 rings (SSSR count). The summed E-state index contributed by atoms with van der Waals surface area (Å²) in [5.41, 5.74) is 0.205. The first-order valence-electron chi connectivity index (χ1n) is 5.77. The Kier molecular flexibility index (Phi) is 5.07. The molecule has 0 bridgehead atoms. The van der Waals surface area contributed by atoms with Gasteiger partial charge in [-0.25, -0.2) is 8.42 Å². The van der Waals surface area contributed by atoms with Gasteiger partial charge in [0.25, 0.3) is 10.0 Å². The van der Waals surface area contributed by atoms with Gasteiger partial charge in [-0.15, -0.1) is 11.3 Å². The van der Waals surface area contributed by atoms with Crippen LogP contribution in [0.5, 0.6) is 0 Å². The average molecular weight is 439 g/mol. The lowest BCUT2D eigenvalue weighted by Crippen LogP contribution is -2.44. The van der Waals surface area contributed by atoms with Gasteiger partial charge in [0.1, 0.15) is 4.21 Å². The van der Waals surface area contributed by atoms with E-state index in [2.05, 4.69) is 36.6 Å². The second kappa shape index (κ2) is 6.27. The number of rotatable bonds is 5. The number of sulfonamides is 1. The first kappa shape index (κ1) is 16.2. The van der Waals surface area contributed by atoms with E-state index in [0.29, 0.717) is 14.0 Å². The lowest BCUT2D eigenvalue weighted by atomic mass is 9.96. The molecule has 1 unspecified atom stereocenters.